The molecule has 0 unspecified atom stereocenters. The number of likely N-dealkylation sites (tertiary alicyclic amines) is 1. The second-order valence-corrected chi connectivity index (χ2v) is 11.4. The van der Waals surface area contributed by atoms with E-state index in [1.165, 1.54) is 37.9 Å². The maximum absolute atomic E-state index is 14.8. The molecule has 1 saturated heterocycles. The molecule has 1 aromatic heterocycles. The van der Waals surface area contributed by atoms with Crippen LogP contribution in [0.5, 0.6) is 11.6 Å². The minimum Gasteiger partial charge on any atom is -0.490 e. The molecule has 2 heterocycles. The highest BCUT2D eigenvalue weighted by molar-refractivity contribution is 5.91. The van der Waals surface area contributed by atoms with Crippen molar-refractivity contribution in [3.8, 4) is 11.6 Å². The zero-order valence-electron chi connectivity index (χ0n) is 24.8. The molecular weight excluding hydrogens is 533 g/mol. The number of nitrogens with one attached hydrogen (secondary N) is 1. The largest absolute Gasteiger partial charge is 0.490 e. The molecule has 9 heteroatoms. The van der Waals surface area contributed by atoms with E-state index in [-0.39, 0.29) is 23.6 Å². The van der Waals surface area contributed by atoms with Gasteiger partial charge in [-0.25, -0.2) is 14.2 Å². The normalized spacial score (nSPS) is 16.2. The first-order valence-electron chi connectivity index (χ1n) is 15.3. The van der Waals surface area contributed by atoms with Crippen molar-refractivity contribution >= 4 is 23.4 Å². The number of hydrogen-bond acceptors (Lipinski definition) is 7. The summed E-state index contributed by atoms with van der Waals surface area (Å²) in [5.41, 5.74) is 3.42. The van der Waals surface area contributed by atoms with Crippen LogP contribution in [-0.2, 0) is 0 Å². The lowest BCUT2D eigenvalue weighted by Gasteiger charge is -2.35. The number of hydrogen-bond donors (Lipinski definition) is 1. The highest BCUT2D eigenvalue weighted by Gasteiger charge is 2.31. The number of para-hydroxylation sites is 1. The number of nitrogens with zero attached hydrogens (tertiary/aromatic N) is 4. The first-order chi connectivity index (χ1) is 20.5. The molecule has 1 N–H and O–H groups in total. The van der Waals surface area contributed by atoms with Gasteiger partial charge in [0.05, 0.1) is 12.3 Å². The molecule has 2 aromatic carbocycles. The molecule has 1 aliphatic carbocycles. The fraction of sp³-hybridized carbons (Fsp3) is 0.485. The quantitative estimate of drug-likeness (QED) is 0.250. The summed E-state index contributed by atoms with van der Waals surface area (Å²) in [6.07, 6.45) is 10.9. The summed E-state index contributed by atoms with van der Waals surface area (Å²) in [6, 6.07) is 12.3. The van der Waals surface area contributed by atoms with E-state index < -0.39 is 11.9 Å². The Labute approximate surface area is 248 Å². The van der Waals surface area contributed by atoms with E-state index in [1.807, 2.05) is 32.0 Å². The molecule has 42 heavy (non-hydrogen) atoms. The Morgan fingerprint density at radius 3 is 2.50 bits per heavy atom. The van der Waals surface area contributed by atoms with Gasteiger partial charge in [-0.2, -0.15) is 4.98 Å². The lowest BCUT2D eigenvalue weighted by Crippen LogP contribution is -2.44. The number of aryl methyl sites for hydroxylation is 2. The number of carbonyl (C=O) groups excluding carboxylic acids is 1. The zero-order valence-corrected chi connectivity index (χ0v) is 24.8. The molecular formula is C33H42FN5O3. The summed E-state index contributed by atoms with van der Waals surface area (Å²) in [7, 11) is 0. The van der Waals surface area contributed by atoms with Crippen molar-refractivity contribution in [2.45, 2.75) is 77.7 Å². The first-order valence-corrected chi connectivity index (χ1v) is 15.3. The number of rotatable bonds is 10. The van der Waals surface area contributed by atoms with Gasteiger partial charge in [0.25, 0.3) is 0 Å². The van der Waals surface area contributed by atoms with E-state index in [0.29, 0.717) is 12.3 Å². The predicted octanol–water partition coefficient (Wildman–Crippen LogP) is 7.57. The molecule has 2 fully saturated rings. The molecule has 224 valence electrons. The predicted molar refractivity (Wildman–Crippen MR) is 163 cm³/mol. The number of carbonyl (C=O) groups is 1. The van der Waals surface area contributed by atoms with Crippen LogP contribution in [0.2, 0.25) is 0 Å². The van der Waals surface area contributed by atoms with Gasteiger partial charge in [-0.1, -0.05) is 43.9 Å². The van der Waals surface area contributed by atoms with E-state index in [4.69, 9.17) is 9.47 Å². The van der Waals surface area contributed by atoms with E-state index in [2.05, 4.69) is 20.2 Å². The van der Waals surface area contributed by atoms with Gasteiger partial charge in [-0.05, 0) is 82.3 Å². The summed E-state index contributed by atoms with van der Waals surface area (Å²) in [5.74, 6) is 0.0826. The Morgan fingerprint density at radius 1 is 1.02 bits per heavy atom. The van der Waals surface area contributed by atoms with Crippen LogP contribution in [0, 0.1) is 19.7 Å². The number of ether oxygens (including phenoxy) is 2. The topological polar surface area (TPSA) is 79.8 Å². The monoisotopic (exact) mass is 575 g/mol. The van der Waals surface area contributed by atoms with Gasteiger partial charge in [0.2, 0.25) is 11.8 Å². The number of aromatic nitrogens is 2. The van der Waals surface area contributed by atoms with Crippen LogP contribution in [0.4, 0.5) is 26.5 Å². The fourth-order valence-electron chi connectivity index (χ4n) is 6.02. The van der Waals surface area contributed by atoms with Gasteiger partial charge in [0.1, 0.15) is 0 Å². The second kappa shape index (κ2) is 14.4. The molecule has 0 spiro atoms. The molecule has 1 saturated carbocycles. The molecule has 0 radical (unpaired) electrons. The molecule has 5 rings (SSSR count). The first kappa shape index (κ1) is 29.8. The molecule has 2 aliphatic rings. The Kier molecular flexibility index (Phi) is 10.2. The van der Waals surface area contributed by atoms with E-state index >= 15 is 0 Å². The van der Waals surface area contributed by atoms with Crippen molar-refractivity contribution in [3.05, 3.63) is 65.6 Å². The number of halogens is 1. The molecule has 3 aromatic rings. The fourth-order valence-corrected chi connectivity index (χ4v) is 6.02. The summed E-state index contributed by atoms with van der Waals surface area (Å²) >= 11 is 0. The van der Waals surface area contributed by atoms with Crippen LogP contribution in [0.3, 0.4) is 0 Å². The van der Waals surface area contributed by atoms with Crippen LogP contribution in [0.15, 0.2) is 48.7 Å². The van der Waals surface area contributed by atoms with Gasteiger partial charge in [0, 0.05) is 36.6 Å². The molecule has 0 bridgehead atoms. The van der Waals surface area contributed by atoms with Gasteiger partial charge < -0.3 is 19.7 Å². The van der Waals surface area contributed by atoms with Crippen molar-refractivity contribution in [1.82, 2.24) is 14.9 Å². The van der Waals surface area contributed by atoms with Crippen molar-refractivity contribution in [3.63, 3.8) is 0 Å². The molecule has 1 aliphatic heterocycles. The summed E-state index contributed by atoms with van der Waals surface area (Å²) in [4.78, 5) is 26.5. The van der Waals surface area contributed by atoms with Crippen LogP contribution in [0.1, 0.15) is 68.9 Å². The molecule has 1 amide bonds. The van der Waals surface area contributed by atoms with Crippen molar-refractivity contribution in [2.75, 3.05) is 36.5 Å². The third-order valence-electron chi connectivity index (χ3n) is 8.15. The van der Waals surface area contributed by atoms with Crippen LogP contribution in [-0.4, -0.2) is 53.2 Å². The van der Waals surface area contributed by atoms with E-state index in [9.17, 15) is 9.18 Å². The lowest BCUT2D eigenvalue weighted by molar-refractivity contribution is 0.200. The van der Waals surface area contributed by atoms with E-state index in [0.717, 1.165) is 68.6 Å². The standard InChI is InChI=1S/C33H42FN5O3/c1-24-11-9-12-25(2)31(24)39(27-13-5-3-6-14-27)33(40)42-30-17-18-35-32(37-30)36-26-15-16-29(28(34)23-26)41-22-10-21-38-19-7-4-8-20-38/h9,11-12,15-18,23,27H,3-8,10,13-14,19-22H2,1-2H3,(H,35,36,37). The highest BCUT2D eigenvalue weighted by atomic mass is 19.1. The van der Waals surface area contributed by atoms with Crippen LogP contribution < -0.4 is 19.7 Å². The van der Waals surface area contributed by atoms with Crippen molar-refractivity contribution in [1.29, 1.82) is 0 Å². The van der Waals surface area contributed by atoms with Crippen LogP contribution >= 0.6 is 0 Å². The average molecular weight is 576 g/mol. The number of anilines is 3. The van der Waals surface area contributed by atoms with Gasteiger partial charge in [-0.15, -0.1) is 0 Å². The highest BCUT2D eigenvalue weighted by Crippen LogP contribution is 2.33. The van der Waals surface area contributed by atoms with Gasteiger partial charge >= 0.3 is 6.09 Å². The summed E-state index contributed by atoms with van der Waals surface area (Å²) < 4.78 is 26.3. The maximum Gasteiger partial charge on any atom is 0.421 e. The SMILES string of the molecule is Cc1cccc(C)c1N(C(=O)Oc1ccnc(Nc2ccc(OCCCN3CCCCC3)c(F)c2)n1)C1CCCCC1. The maximum atomic E-state index is 14.8. The van der Waals surface area contributed by atoms with Crippen molar-refractivity contribution < 1.29 is 18.7 Å². The molecule has 0 atom stereocenters. The number of piperidine rings is 1. The third-order valence-corrected chi connectivity index (χ3v) is 8.15. The summed E-state index contributed by atoms with van der Waals surface area (Å²) in [6.45, 7) is 7.76. The Balaban J connectivity index is 1.21. The lowest BCUT2D eigenvalue weighted by atomic mass is 9.93. The minimum atomic E-state index is -0.461. The smallest absolute Gasteiger partial charge is 0.421 e. The van der Waals surface area contributed by atoms with Crippen LogP contribution in [0.25, 0.3) is 0 Å². The average Bonchev–Trinajstić information content (AvgIpc) is 2.99. The second-order valence-electron chi connectivity index (χ2n) is 11.4. The van der Waals surface area contributed by atoms with E-state index in [1.54, 1.807) is 23.1 Å². The van der Waals surface area contributed by atoms with Gasteiger partial charge in [-0.3, -0.25) is 4.90 Å². The minimum absolute atomic E-state index is 0.0685. The van der Waals surface area contributed by atoms with Crippen molar-refractivity contribution in [2.24, 2.45) is 0 Å². The number of benzene rings is 2. The summed E-state index contributed by atoms with van der Waals surface area (Å²) in [5, 5.41) is 3.01. The third kappa shape index (κ3) is 7.76. The Hall–Kier alpha value is -3.72. The van der Waals surface area contributed by atoms with Gasteiger partial charge in [0.15, 0.2) is 11.6 Å². The number of amides is 1. The Morgan fingerprint density at radius 2 is 1.76 bits per heavy atom. The Bertz CT molecular complexity index is 1320. The molecule has 8 nitrogen and oxygen atoms in total. The zero-order chi connectivity index (χ0) is 29.3.